The van der Waals surface area contributed by atoms with Crippen molar-refractivity contribution in [1.29, 1.82) is 0 Å². The molecule has 1 N–H and O–H groups in total. The molecular weight excluding hydrogens is 374 g/mol. The smallest absolute Gasteiger partial charge is 0.237 e. The standard InChI is InChI=1S/C22H29N3O2.ClH/c1-17(18-9-5-4-6-10-18)24(2)22(26)16-25-14-13-23-15-20(25)19-11-7-8-12-21(19)27-3;/h4-12,17,20,23H,13-16H2,1-3H3;1H. The normalized spacial score (nSPS) is 18.0. The van der Waals surface area contributed by atoms with Gasteiger partial charge in [0, 0.05) is 32.2 Å². The molecule has 0 aromatic heterocycles. The van der Waals surface area contributed by atoms with Crippen LogP contribution in [0, 0.1) is 0 Å². The third-order valence-corrected chi connectivity index (χ3v) is 5.45. The van der Waals surface area contributed by atoms with Gasteiger partial charge in [0.05, 0.1) is 25.7 Å². The lowest BCUT2D eigenvalue weighted by Gasteiger charge is -2.38. The predicted molar refractivity (Wildman–Crippen MR) is 115 cm³/mol. The molecule has 1 amide bonds. The minimum atomic E-state index is 0. The molecule has 0 bridgehead atoms. The fraction of sp³-hybridized carbons (Fsp3) is 0.409. The lowest BCUT2D eigenvalue weighted by atomic mass is 10.0. The maximum Gasteiger partial charge on any atom is 0.237 e. The Bertz CT molecular complexity index is 756. The van der Waals surface area contributed by atoms with Crippen LogP contribution in [0.15, 0.2) is 54.6 Å². The van der Waals surface area contributed by atoms with Gasteiger partial charge in [0.15, 0.2) is 0 Å². The number of likely N-dealkylation sites (N-methyl/N-ethyl adjacent to an activating group) is 1. The Morgan fingerprint density at radius 1 is 1.21 bits per heavy atom. The maximum absolute atomic E-state index is 13.0. The summed E-state index contributed by atoms with van der Waals surface area (Å²) in [5.74, 6) is 1.00. The van der Waals surface area contributed by atoms with E-state index in [2.05, 4.69) is 35.3 Å². The Labute approximate surface area is 174 Å². The highest BCUT2D eigenvalue weighted by molar-refractivity contribution is 5.85. The van der Waals surface area contributed by atoms with Gasteiger partial charge in [0.1, 0.15) is 5.75 Å². The summed E-state index contributed by atoms with van der Waals surface area (Å²) in [7, 11) is 3.58. The number of ether oxygens (including phenoxy) is 1. The van der Waals surface area contributed by atoms with Crippen molar-refractivity contribution in [3.05, 3.63) is 65.7 Å². The van der Waals surface area contributed by atoms with E-state index in [-0.39, 0.29) is 30.4 Å². The summed E-state index contributed by atoms with van der Waals surface area (Å²) in [6, 6.07) is 18.4. The molecule has 1 aliphatic rings. The van der Waals surface area contributed by atoms with Crippen molar-refractivity contribution in [2.45, 2.75) is 19.0 Å². The van der Waals surface area contributed by atoms with Gasteiger partial charge >= 0.3 is 0 Å². The van der Waals surface area contributed by atoms with Crippen molar-refractivity contribution in [3.63, 3.8) is 0 Å². The quantitative estimate of drug-likeness (QED) is 0.803. The van der Waals surface area contributed by atoms with Gasteiger partial charge in [0.2, 0.25) is 5.91 Å². The van der Waals surface area contributed by atoms with E-state index in [1.165, 1.54) is 0 Å². The molecule has 0 radical (unpaired) electrons. The fourth-order valence-electron chi connectivity index (χ4n) is 3.64. The molecule has 1 saturated heterocycles. The highest BCUT2D eigenvalue weighted by atomic mass is 35.5. The van der Waals surface area contributed by atoms with E-state index in [4.69, 9.17) is 4.74 Å². The average molecular weight is 404 g/mol. The molecule has 6 heteroatoms. The molecule has 2 aromatic carbocycles. The Morgan fingerprint density at radius 2 is 1.89 bits per heavy atom. The van der Waals surface area contributed by atoms with E-state index < -0.39 is 0 Å². The van der Waals surface area contributed by atoms with Gasteiger partial charge in [-0.3, -0.25) is 9.69 Å². The van der Waals surface area contributed by atoms with E-state index in [1.807, 2.05) is 48.3 Å². The monoisotopic (exact) mass is 403 g/mol. The number of carbonyl (C=O) groups is 1. The topological polar surface area (TPSA) is 44.8 Å². The van der Waals surface area contributed by atoms with Gasteiger partial charge in [-0.1, -0.05) is 48.5 Å². The number of carbonyl (C=O) groups excluding carboxylic acids is 1. The van der Waals surface area contributed by atoms with Crippen LogP contribution in [0.5, 0.6) is 5.75 Å². The number of methoxy groups -OCH3 is 1. The number of hydrogen-bond donors (Lipinski definition) is 1. The summed E-state index contributed by atoms with van der Waals surface area (Å²) >= 11 is 0. The van der Waals surface area contributed by atoms with Crippen molar-refractivity contribution in [3.8, 4) is 5.75 Å². The first kappa shape index (κ1) is 22.2. The van der Waals surface area contributed by atoms with E-state index in [0.717, 1.165) is 36.5 Å². The van der Waals surface area contributed by atoms with E-state index in [9.17, 15) is 4.79 Å². The highest BCUT2D eigenvalue weighted by Crippen LogP contribution is 2.30. The molecule has 2 atom stereocenters. The minimum Gasteiger partial charge on any atom is -0.496 e. The molecule has 1 fully saturated rings. The predicted octanol–water partition coefficient (Wildman–Crippen LogP) is 3.28. The molecular formula is C22H30ClN3O2. The Balaban J connectivity index is 0.00000280. The summed E-state index contributed by atoms with van der Waals surface area (Å²) in [6.45, 7) is 5.01. The fourth-order valence-corrected chi connectivity index (χ4v) is 3.64. The molecule has 28 heavy (non-hydrogen) atoms. The number of nitrogens with zero attached hydrogens (tertiary/aromatic N) is 2. The Kier molecular flexibility index (Phi) is 8.30. The Morgan fingerprint density at radius 3 is 2.61 bits per heavy atom. The number of para-hydroxylation sites is 1. The summed E-state index contributed by atoms with van der Waals surface area (Å²) in [6.07, 6.45) is 0. The maximum atomic E-state index is 13.0. The van der Waals surface area contributed by atoms with E-state index in [1.54, 1.807) is 7.11 Å². The van der Waals surface area contributed by atoms with Crippen molar-refractivity contribution in [2.24, 2.45) is 0 Å². The number of halogens is 1. The zero-order valence-electron chi connectivity index (χ0n) is 16.8. The molecule has 0 saturated carbocycles. The van der Waals surface area contributed by atoms with Gasteiger partial charge in [-0.15, -0.1) is 12.4 Å². The molecule has 1 aliphatic heterocycles. The van der Waals surface area contributed by atoms with E-state index >= 15 is 0 Å². The first-order valence-corrected chi connectivity index (χ1v) is 9.50. The van der Waals surface area contributed by atoms with Gasteiger partial charge < -0.3 is 15.0 Å². The first-order valence-electron chi connectivity index (χ1n) is 9.50. The van der Waals surface area contributed by atoms with Crippen LogP contribution in [0.25, 0.3) is 0 Å². The number of nitrogens with one attached hydrogen (secondary N) is 1. The second-order valence-electron chi connectivity index (χ2n) is 7.02. The van der Waals surface area contributed by atoms with E-state index in [0.29, 0.717) is 6.54 Å². The zero-order chi connectivity index (χ0) is 19.2. The molecule has 0 spiro atoms. The third-order valence-electron chi connectivity index (χ3n) is 5.45. The second kappa shape index (κ2) is 10.5. The number of rotatable bonds is 6. The summed E-state index contributed by atoms with van der Waals surface area (Å²) in [5.41, 5.74) is 2.27. The zero-order valence-corrected chi connectivity index (χ0v) is 17.6. The molecule has 152 valence electrons. The number of amides is 1. The van der Waals surface area contributed by atoms with Gasteiger partial charge in [-0.05, 0) is 18.6 Å². The largest absolute Gasteiger partial charge is 0.496 e. The van der Waals surface area contributed by atoms with Crippen LogP contribution in [-0.4, -0.2) is 56.0 Å². The number of benzene rings is 2. The lowest BCUT2D eigenvalue weighted by Crippen LogP contribution is -2.50. The van der Waals surface area contributed by atoms with Gasteiger partial charge in [0.25, 0.3) is 0 Å². The van der Waals surface area contributed by atoms with Gasteiger partial charge in [-0.2, -0.15) is 0 Å². The summed E-state index contributed by atoms with van der Waals surface area (Å²) < 4.78 is 5.55. The van der Waals surface area contributed by atoms with Crippen molar-refractivity contribution in [1.82, 2.24) is 15.1 Å². The molecule has 5 nitrogen and oxygen atoms in total. The molecule has 0 aliphatic carbocycles. The van der Waals surface area contributed by atoms with Crippen LogP contribution >= 0.6 is 12.4 Å². The second-order valence-corrected chi connectivity index (χ2v) is 7.02. The highest BCUT2D eigenvalue weighted by Gasteiger charge is 2.29. The Hall–Kier alpha value is -2.08. The SMILES string of the molecule is COc1ccccc1C1CNCCN1CC(=O)N(C)C(C)c1ccccc1.Cl. The van der Waals surface area contributed by atoms with Crippen LogP contribution in [-0.2, 0) is 4.79 Å². The van der Waals surface area contributed by atoms with Gasteiger partial charge in [-0.25, -0.2) is 0 Å². The van der Waals surface area contributed by atoms with Crippen LogP contribution in [0.1, 0.15) is 30.1 Å². The first-order chi connectivity index (χ1) is 13.1. The van der Waals surface area contributed by atoms with Crippen molar-refractivity contribution < 1.29 is 9.53 Å². The minimum absolute atomic E-state index is 0. The van der Waals surface area contributed by atoms with Crippen LogP contribution in [0.3, 0.4) is 0 Å². The molecule has 3 rings (SSSR count). The average Bonchev–Trinajstić information content (AvgIpc) is 2.73. The van der Waals surface area contributed by atoms with Crippen LogP contribution in [0.2, 0.25) is 0 Å². The number of hydrogen-bond acceptors (Lipinski definition) is 4. The third kappa shape index (κ3) is 5.04. The summed E-state index contributed by atoms with van der Waals surface area (Å²) in [4.78, 5) is 17.1. The molecule has 2 unspecified atom stereocenters. The van der Waals surface area contributed by atoms with Crippen LogP contribution in [0.4, 0.5) is 0 Å². The lowest BCUT2D eigenvalue weighted by molar-refractivity contribution is -0.133. The molecule has 1 heterocycles. The van der Waals surface area contributed by atoms with Crippen molar-refractivity contribution in [2.75, 3.05) is 40.3 Å². The molecule has 2 aromatic rings. The summed E-state index contributed by atoms with van der Waals surface area (Å²) in [5, 5.41) is 3.44. The van der Waals surface area contributed by atoms with Crippen molar-refractivity contribution >= 4 is 18.3 Å². The van der Waals surface area contributed by atoms with Crippen LogP contribution < -0.4 is 10.1 Å². The number of piperazine rings is 1.